The smallest absolute Gasteiger partial charge is 0.251 e. The van der Waals surface area contributed by atoms with Gasteiger partial charge in [0.1, 0.15) is 6.04 Å². The van der Waals surface area contributed by atoms with Gasteiger partial charge in [-0.2, -0.15) is 0 Å². The molecule has 2 amide bonds. The third kappa shape index (κ3) is 3.85. The number of amides is 2. The van der Waals surface area contributed by atoms with Crippen LogP contribution in [-0.4, -0.2) is 47.9 Å². The summed E-state index contributed by atoms with van der Waals surface area (Å²) in [7, 11) is 0. The van der Waals surface area contributed by atoms with E-state index in [9.17, 15) is 9.59 Å². The van der Waals surface area contributed by atoms with Crippen molar-refractivity contribution in [1.29, 1.82) is 0 Å². The fraction of sp³-hybridized carbons (Fsp3) is 0.579. The molecule has 3 aliphatic rings. The molecule has 3 fully saturated rings. The standard InChI is InChI=1S/C19H26N4O2/c24-18(14-4-2-1-3-5-14)20-15-8-10-23(11-9-15)19(25)17-12-16(21-22-17)13-6-7-13/h1-5,13,15-17,21-22H,6-12H2,(H,20,24). The van der Waals surface area contributed by atoms with Crippen molar-refractivity contribution in [3.05, 3.63) is 35.9 Å². The topological polar surface area (TPSA) is 73.5 Å². The minimum Gasteiger partial charge on any atom is -0.349 e. The Balaban J connectivity index is 1.24. The second-order valence-corrected chi connectivity index (χ2v) is 7.46. The van der Waals surface area contributed by atoms with E-state index in [0.29, 0.717) is 24.7 Å². The molecule has 2 atom stereocenters. The van der Waals surface area contributed by atoms with Gasteiger partial charge in [0.25, 0.3) is 5.91 Å². The third-order valence-corrected chi connectivity index (χ3v) is 5.60. The number of piperidine rings is 1. The Labute approximate surface area is 148 Å². The molecular weight excluding hydrogens is 316 g/mol. The first kappa shape index (κ1) is 16.5. The first-order chi connectivity index (χ1) is 12.2. The van der Waals surface area contributed by atoms with E-state index in [1.165, 1.54) is 12.8 Å². The number of carbonyl (C=O) groups excluding carboxylic acids is 2. The van der Waals surface area contributed by atoms with Gasteiger partial charge < -0.3 is 10.2 Å². The van der Waals surface area contributed by atoms with Gasteiger partial charge in [-0.25, -0.2) is 5.43 Å². The van der Waals surface area contributed by atoms with Crippen molar-refractivity contribution < 1.29 is 9.59 Å². The average molecular weight is 342 g/mol. The molecule has 25 heavy (non-hydrogen) atoms. The van der Waals surface area contributed by atoms with E-state index in [1.807, 2.05) is 35.2 Å². The second-order valence-electron chi connectivity index (χ2n) is 7.46. The Morgan fingerprint density at radius 1 is 1.00 bits per heavy atom. The number of likely N-dealkylation sites (tertiary alicyclic amines) is 1. The molecule has 2 saturated heterocycles. The molecule has 4 rings (SSSR count). The molecule has 2 heterocycles. The highest BCUT2D eigenvalue weighted by Gasteiger charge is 2.40. The first-order valence-corrected chi connectivity index (χ1v) is 9.36. The molecule has 0 spiro atoms. The molecule has 2 aliphatic heterocycles. The van der Waals surface area contributed by atoms with Crippen LogP contribution in [0, 0.1) is 5.92 Å². The lowest BCUT2D eigenvalue weighted by molar-refractivity contribution is -0.134. The number of hydrogen-bond donors (Lipinski definition) is 3. The quantitative estimate of drug-likeness (QED) is 0.765. The summed E-state index contributed by atoms with van der Waals surface area (Å²) in [6.45, 7) is 1.43. The normalized spacial score (nSPS) is 27.3. The molecule has 1 saturated carbocycles. The van der Waals surface area contributed by atoms with Crippen LogP contribution in [0.4, 0.5) is 0 Å². The molecule has 0 radical (unpaired) electrons. The minimum absolute atomic E-state index is 0.0284. The molecule has 0 bridgehead atoms. The lowest BCUT2D eigenvalue weighted by Gasteiger charge is -2.33. The summed E-state index contributed by atoms with van der Waals surface area (Å²) in [6.07, 6.45) is 5.10. The molecule has 3 N–H and O–H groups in total. The Kier molecular flexibility index (Phi) is 4.72. The van der Waals surface area contributed by atoms with Gasteiger partial charge in [0.2, 0.25) is 5.91 Å². The van der Waals surface area contributed by atoms with E-state index in [4.69, 9.17) is 0 Å². The average Bonchev–Trinajstić information content (AvgIpc) is 3.39. The minimum atomic E-state index is -0.0962. The van der Waals surface area contributed by atoms with Crippen molar-refractivity contribution in [3.63, 3.8) is 0 Å². The second kappa shape index (κ2) is 7.14. The number of nitrogens with zero attached hydrogens (tertiary/aromatic N) is 1. The summed E-state index contributed by atoms with van der Waals surface area (Å²) in [6, 6.07) is 9.79. The van der Waals surface area contributed by atoms with Gasteiger partial charge in [0, 0.05) is 30.7 Å². The summed E-state index contributed by atoms with van der Waals surface area (Å²) in [5.74, 6) is 0.923. The van der Waals surface area contributed by atoms with Gasteiger partial charge in [-0.3, -0.25) is 15.0 Å². The Morgan fingerprint density at radius 3 is 2.40 bits per heavy atom. The van der Waals surface area contributed by atoms with E-state index >= 15 is 0 Å². The van der Waals surface area contributed by atoms with E-state index in [1.54, 1.807) is 0 Å². The van der Waals surface area contributed by atoms with Crippen molar-refractivity contribution >= 4 is 11.8 Å². The van der Waals surface area contributed by atoms with Crippen LogP contribution in [0.25, 0.3) is 0 Å². The van der Waals surface area contributed by atoms with Crippen LogP contribution in [-0.2, 0) is 4.79 Å². The SMILES string of the molecule is O=C(NC1CCN(C(=O)C2CC(C3CC3)NN2)CC1)c1ccccc1. The van der Waals surface area contributed by atoms with Gasteiger partial charge in [-0.15, -0.1) is 0 Å². The highest BCUT2D eigenvalue weighted by Crippen LogP contribution is 2.35. The number of benzene rings is 1. The molecule has 1 aliphatic carbocycles. The first-order valence-electron chi connectivity index (χ1n) is 9.36. The van der Waals surface area contributed by atoms with Gasteiger partial charge in [-0.1, -0.05) is 18.2 Å². The molecule has 2 unspecified atom stereocenters. The van der Waals surface area contributed by atoms with E-state index in [0.717, 1.165) is 25.2 Å². The maximum Gasteiger partial charge on any atom is 0.251 e. The van der Waals surface area contributed by atoms with Crippen molar-refractivity contribution in [2.75, 3.05) is 13.1 Å². The fourth-order valence-electron chi connectivity index (χ4n) is 3.87. The van der Waals surface area contributed by atoms with Gasteiger partial charge in [0.05, 0.1) is 0 Å². The lowest BCUT2D eigenvalue weighted by atomic mass is 10.0. The number of hydrazine groups is 1. The van der Waals surface area contributed by atoms with Crippen LogP contribution >= 0.6 is 0 Å². The molecule has 1 aromatic rings. The molecule has 0 aromatic heterocycles. The van der Waals surface area contributed by atoms with Crippen LogP contribution in [0.2, 0.25) is 0 Å². The predicted octanol–water partition coefficient (Wildman–Crippen LogP) is 1.05. The van der Waals surface area contributed by atoms with E-state index in [2.05, 4.69) is 16.2 Å². The number of hydrogen-bond acceptors (Lipinski definition) is 4. The van der Waals surface area contributed by atoms with Crippen LogP contribution in [0.15, 0.2) is 30.3 Å². The summed E-state index contributed by atoms with van der Waals surface area (Å²) < 4.78 is 0. The molecule has 1 aromatic carbocycles. The third-order valence-electron chi connectivity index (χ3n) is 5.60. The summed E-state index contributed by atoms with van der Waals surface area (Å²) in [5.41, 5.74) is 7.15. The number of carbonyl (C=O) groups is 2. The van der Waals surface area contributed by atoms with Crippen LogP contribution < -0.4 is 16.2 Å². The van der Waals surface area contributed by atoms with Crippen LogP contribution in [0.1, 0.15) is 42.5 Å². The highest BCUT2D eigenvalue weighted by molar-refractivity contribution is 5.94. The maximum atomic E-state index is 12.7. The Hall–Kier alpha value is -1.92. The van der Waals surface area contributed by atoms with Gasteiger partial charge >= 0.3 is 0 Å². The molecular formula is C19H26N4O2. The summed E-state index contributed by atoms with van der Waals surface area (Å²) in [4.78, 5) is 26.9. The van der Waals surface area contributed by atoms with Crippen LogP contribution in [0.3, 0.4) is 0 Å². The van der Waals surface area contributed by atoms with Crippen molar-refractivity contribution in [2.45, 2.75) is 50.2 Å². The monoisotopic (exact) mass is 342 g/mol. The molecule has 6 heteroatoms. The van der Waals surface area contributed by atoms with Gasteiger partial charge in [-0.05, 0) is 50.2 Å². The van der Waals surface area contributed by atoms with E-state index in [-0.39, 0.29) is 23.9 Å². The Bertz CT molecular complexity index is 624. The van der Waals surface area contributed by atoms with Crippen molar-refractivity contribution in [1.82, 2.24) is 21.1 Å². The lowest BCUT2D eigenvalue weighted by Crippen LogP contribution is -2.51. The van der Waals surface area contributed by atoms with Gasteiger partial charge in [0.15, 0.2) is 0 Å². The zero-order chi connectivity index (χ0) is 17.2. The zero-order valence-electron chi connectivity index (χ0n) is 14.4. The highest BCUT2D eigenvalue weighted by atomic mass is 16.2. The molecule has 6 nitrogen and oxygen atoms in total. The van der Waals surface area contributed by atoms with E-state index < -0.39 is 0 Å². The van der Waals surface area contributed by atoms with Crippen LogP contribution in [0.5, 0.6) is 0 Å². The molecule has 134 valence electrons. The van der Waals surface area contributed by atoms with Crippen molar-refractivity contribution in [2.24, 2.45) is 5.92 Å². The fourth-order valence-corrected chi connectivity index (χ4v) is 3.87. The number of nitrogens with one attached hydrogen (secondary N) is 3. The predicted molar refractivity (Wildman–Crippen MR) is 94.7 cm³/mol. The summed E-state index contributed by atoms with van der Waals surface area (Å²) in [5, 5.41) is 3.09. The Morgan fingerprint density at radius 2 is 1.72 bits per heavy atom. The number of rotatable bonds is 4. The summed E-state index contributed by atoms with van der Waals surface area (Å²) >= 11 is 0. The largest absolute Gasteiger partial charge is 0.349 e. The zero-order valence-corrected chi connectivity index (χ0v) is 14.4. The van der Waals surface area contributed by atoms with Crippen molar-refractivity contribution in [3.8, 4) is 0 Å². The maximum absolute atomic E-state index is 12.7.